The van der Waals surface area contributed by atoms with Gasteiger partial charge in [-0.2, -0.15) is 13.2 Å². The Labute approximate surface area is 109 Å². The second kappa shape index (κ2) is 4.72. The second-order valence-corrected chi connectivity index (χ2v) is 4.71. The predicted molar refractivity (Wildman–Crippen MR) is 62.2 cm³/mol. The van der Waals surface area contributed by atoms with Crippen LogP contribution < -0.4 is 5.32 Å². The molecule has 1 aromatic heterocycles. The fourth-order valence-corrected chi connectivity index (χ4v) is 2.03. The van der Waals surface area contributed by atoms with Crippen LogP contribution in [0.1, 0.15) is 43.0 Å². The number of fused-ring (bicyclic) bond motifs is 1. The summed E-state index contributed by atoms with van der Waals surface area (Å²) in [5, 5.41) is 2.87. The van der Waals surface area contributed by atoms with E-state index < -0.39 is 17.5 Å². The van der Waals surface area contributed by atoms with Crippen molar-refractivity contribution >= 4 is 0 Å². The minimum absolute atomic E-state index is 0.0901. The molecule has 1 N–H and O–H groups in total. The number of nitrogens with zero attached hydrogens (tertiary/aromatic N) is 2. The number of aromatic nitrogens is 2. The van der Waals surface area contributed by atoms with E-state index in [2.05, 4.69) is 15.3 Å². The van der Waals surface area contributed by atoms with Crippen LogP contribution in [0.3, 0.4) is 0 Å². The summed E-state index contributed by atoms with van der Waals surface area (Å²) in [6, 6.07) is 0. The maximum Gasteiger partial charge on any atom is 0.433 e. The normalized spacial score (nSPS) is 18.2. The Balaban J connectivity index is 2.60. The van der Waals surface area contributed by atoms with Gasteiger partial charge in [0, 0.05) is 25.8 Å². The Bertz CT molecular complexity index is 484. The van der Waals surface area contributed by atoms with Gasteiger partial charge in [-0.3, -0.25) is 0 Å². The topological polar surface area (TPSA) is 47.0 Å². The van der Waals surface area contributed by atoms with E-state index in [1.807, 2.05) is 6.92 Å². The Morgan fingerprint density at radius 1 is 1.26 bits per heavy atom. The molecule has 0 amide bonds. The van der Waals surface area contributed by atoms with Gasteiger partial charge in [0.1, 0.15) is 5.60 Å². The molecule has 0 aromatic carbocycles. The molecule has 1 atom stereocenters. The van der Waals surface area contributed by atoms with Crippen molar-refractivity contribution in [1.82, 2.24) is 15.3 Å². The number of hydrogen-bond acceptors (Lipinski definition) is 4. The zero-order chi connectivity index (χ0) is 14.3. The fraction of sp³-hybridized carbons (Fsp3) is 0.667. The van der Waals surface area contributed by atoms with E-state index in [1.165, 1.54) is 7.11 Å². The highest BCUT2D eigenvalue weighted by atomic mass is 19.4. The van der Waals surface area contributed by atoms with Crippen molar-refractivity contribution in [1.29, 1.82) is 0 Å². The lowest BCUT2D eigenvalue weighted by molar-refractivity contribution is -0.142. The Hall–Kier alpha value is -1.21. The summed E-state index contributed by atoms with van der Waals surface area (Å²) in [5.41, 5.74) is -1.20. The quantitative estimate of drug-likeness (QED) is 0.920. The Kier molecular flexibility index (Phi) is 3.53. The van der Waals surface area contributed by atoms with Gasteiger partial charge in [-0.05, 0) is 13.3 Å². The summed E-state index contributed by atoms with van der Waals surface area (Å²) in [5.74, 6) is 0.0901. The summed E-state index contributed by atoms with van der Waals surface area (Å²) in [7, 11) is 1.45. The summed E-state index contributed by atoms with van der Waals surface area (Å²) in [6.45, 7) is 4.00. The van der Waals surface area contributed by atoms with Crippen molar-refractivity contribution in [3.63, 3.8) is 0 Å². The summed E-state index contributed by atoms with van der Waals surface area (Å²) < 4.78 is 44.5. The average molecular weight is 275 g/mol. The van der Waals surface area contributed by atoms with E-state index in [0.29, 0.717) is 18.7 Å². The van der Waals surface area contributed by atoms with Gasteiger partial charge in [0.25, 0.3) is 0 Å². The van der Waals surface area contributed by atoms with E-state index >= 15 is 0 Å². The van der Waals surface area contributed by atoms with Gasteiger partial charge in [-0.25, -0.2) is 9.97 Å². The third-order valence-corrected chi connectivity index (χ3v) is 3.55. The molecular formula is C12H16F3N3O. The van der Waals surface area contributed by atoms with Crippen molar-refractivity contribution in [3.05, 3.63) is 22.8 Å². The first-order chi connectivity index (χ1) is 8.81. The van der Waals surface area contributed by atoms with Crippen LogP contribution >= 0.6 is 0 Å². The Morgan fingerprint density at radius 2 is 1.95 bits per heavy atom. The smallest absolute Gasteiger partial charge is 0.371 e. The van der Waals surface area contributed by atoms with Gasteiger partial charge < -0.3 is 10.1 Å². The monoisotopic (exact) mass is 275 g/mol. The summed E-state index contributed by atoms with van der Waals surface area (Å²) in [4.78, 5) is 7.97. The lowest BCUT2D eigenvalue weighted by Crippen LogP contribution is -2.29. The molecule has 0 aliphatic carbocycles. The molecule has 1 unspecified atom stereocenters. The molecule has 1 aliphatic heterocycles. The van der Waals surface area contributed by atoms with Crippen molar-refractivity contribution < 1.29 is 17.9 Å². The highest BCUT2D eigenvalue weighted by molar-refractivity contribution is 5.32. The fourth-order valence-electron chi connectivity index (χ4n) is 2.03. The van der Waals surface area contributed by atoms with Crippen LogP contribution in [0.5, 0.6) is 0 Å². The minimum Gasteiger partial charge on any atom is -0.371 e. The van der Waals surface area contributed by atoms with E-state index in [9.17, 15) is 13.2 Å². The van der Waals surface area contributed by atoms with Crippen LogP contribution in [0.2, 0.25) is 0 Å². The van der Waals surface area contributed by atoms with Gasteiger partial charge in [0.15, 0.2) is 11.5 Å². The molecular weight excluding hydrogens is 259 g/mol. The van der Waals surface area contributed by atoms with Crippen LogP contribution in [0.25, 0.3) is 0 Å². The van der Waals surface area contributed by atoms with E-state index in [-0.39, 0.29) is 17.9 Å². The molecule has 0 spiro atoms. The van der Waals surface area contributed by atoms with Crippen molar-refractivity contribution in [2.45, 2.75) is 45.1 Å². The molecule has 1 aromatic rings. The molecule has 0 saturated heterocycles. The van der Waals surface area contributed by atoms with Crippen LogP contribution in [-0.4, -0.2) is 17.1 Å². The number of methoxy groups -OCH3 is 1. The first-order valence-corrected chi connectivity index (χ1v) is 6.05. The Morgan fingerprint density at radius 3 is 2.47 bits per heavy atom. The van der Waals surface area contributed by atoms with Crippen LogP contribution in [0.4, 0.5) is 13.2 Å². The average Bonchev–Trinajstić information content (AvgIpc) is 2.83. The number of alkyl halides is 3. The lowest BCUT2D eigenvalue weighted by Gasteiger charge is -2.26. The standard InChI is InChI=1S/C12H16F3N3O/c1-4-11(2,19-3)10-17-8-6-16-5-7(8)9(18-10)12(13,14)15/h16H,4-6H2,1-3H3. The first kappa shape index (κ1) is 14.2. The molecule has 19 heavy (non-hydrogen) atoms. The third-order valence-electron chi connectivity index (χ3n) is 3.55. The van der Waals surface area contributed by atoms with Gasteiger partial charge >= 0.3 is 6.18 Å². The minimum atomic E-state index is -4.48. The SMILES string of the molecule is CCC(C)(OC)c1nc2c(c(C(F)(F)F)n1)CNC2. The zero-order valence-electron chi connectivity index (χ0n) is 11.1. The molecule has 7 heteroatoms. The van der Waals surface area contributed by atoms with Gasteiger partial charge in [0.05, 0.1) is 5.69 Å². The van der Waals surface area contributed by atoms with Gasteiger partial charge in [0.2, 0.25) is 0 Å². The first-order valence-electron chi connectivity index (χ1n) is 6.05. The molecule has 106 valence electrons. The van der Waals surface area contributed by atoms with Crippen LogP contribution in [-0.2, 0) is 29.6 Å². The van der Waals surface area contributed by atoms with Crippen molar-refractivity contribution in [2.75, 3.05) is 7.11 Å². The van der Waals surface area contributed by atoms with E-state index in [1.54, 1.807) is 6.92 Å². The van der Waals surface area contributed by atoms with Crippen LogP contribution in [0, 0.1) is 0 Å². The molecule has 1 aliphatic rings. The van der Waals surface area contributed by atoms with E-state index in [4.69, 9.17) is 4.74 Å². The second-order valence-electron chi connectivity index (χ2n) is 4.71. The van der Waals surface area contributed by atoms with Crippen molar-refractivity contribution in [3.8, 4) is 0 Å². The van der Waals surface area contributed by atoms with Gasteiger partial charge in [-0.15, -0.1) is 0 Å². The number of hydrogen-bond donors (Lipinski definition) is 1. The van der Waals surface area contributed by atoms with Gasteiger partial charge in [-0.1, -0.05) is 6.92 Å². The molecule has 2 heterocycles. The third kappa shape index (κ3) is 2.44. The zero-order valence-corrected chi connectivity index (χ0v) is 11.1. The maximum atomic E-state index is 13.1. The predicted octanol–water partition coefficient (Wildman–Crippen LogP) is 2.37. The largest absolute Gasteiger partial charge is 0.433 e. The van der Waals surface area contributed by atoms with Crippen LogP contribution in [0.15, 0.2) is 0 Å². The molecule has 4 nitrogen and oxygen atoms in total. The molecule has 0 saturated carbocycles. The summed E-state index contributed by atoms with van der Waals surface area (Å²) >= 11 is 0. The number of nitrogens with one attached hydrogen (secondary N) is 1. The van der Waals surface area contributed by atoms with Crippen molar-refractivity contribution in [2.24, 2.45) is 0 Å². The van der Waals surface area contributed by atoms with E-state index in [0.717, 1.165) is 0 Å². The maximum absolute atomic E-state index is 13.1. The number of halogens is 3. The molecule has 0 bridgehead atoms. The molecule has 2 rings (SSSR count). The summed E-state index contributed by atoms with van der Waals surface area (Å²) in [6.07, 6.45) is -3.98. The highest BCUT2D eigenvalue weighted by Gasteiger charge is 2.40. The number of rotatable bonds is 3. The lowest BCUT2D eigenvalue weighted by atomic mass is 10.0. The number of ether oxygens (including phenoxy) is 1. The molecule has 0 radical (unpaired) electrons. The highest BCUT2D eigenvalue weighted by Crippen LogP contribution is 2.35. The molecule has 0 fully saturated rings.